The summed E-state index contributed by atoms with van der Waals surface area (Å²) in [4.78, 5) is 30.9. The van der Waals surface area contributed by atoms with Gasteiger partial charge in [0.1, 0.15) is 22.9 Å². The predicted octanol–water partition coefficient (Wildman–Crippen LogP) is 2.06. The van der Waals surface area contributed by atoms with Crippen LogP contribution in [0.4, 0.5) is 17.3 Å². The van der Waals surface area contributed by atoms with Gasteiger partial charge < -0.3 is 30.4 Å². The zero-order valence-electron chi connectivity index (χ0n) is 20.0. The molecule has 1 aliphatic heterocycles. The van der Waals surface area contributed by atoms with E-state index < -0.39 is 5.60 Å². The first-order valence-electron chi connectivity index (χ1n) is 12.0. The summed E-state index contributed by atoms with van der Waals surface area (Å²) in [5, 5.41) is 24.0. The molecule has 186 valence electrons. The molecule has 1 saturated heterocycles. The molecule has 11 nitrogen and oxygen atoms in total. The Bertz CT molecular complexity index is 1290. The summed E-state index contributed by atoms with van der Waals surface area (Å²) in [6, 6.07) is 5.05. The number of aromatic nitrogens is 4. The fourth-order valence-corrected chi connectivity index (χ4v) is 4.97. The topological polar surface area (TPSA) is 135 Å². The van der Waals surface area contributed by atoms with Gasteiger partial charge in [0, 0.05) is 38.6 Å². The van der Waals surface area contributed by atoms with Crippen molar-refractivity contribution in [2.24, 2.45) is 0 Å². The Hall–Kier alpha value is -3.44. The number of anilines is 3. The van der Waals surface area contributed by atoms with Gasteiger partial charge in [0.25, 0.3) is 11.5 Å². The Morgan fingerprint density at radius 2 is 2.09 bits per heavy atom. The van der Waals surface area contributed by atoms with Crippen LogP contribution in [-0.4, -0.2) is 62.1 Å². The van der Waals surface area contributed by atoms with Crippen LogP contribution in [0.3, 0.4) is 0 Å². The van der Waals surface area contributed by atoms with E-state index in [1.165, 1.54) is 10.7 Å². The highest BCUT2D eigenvalue weighted by Gasteiger charge is 2.38. The molecule has 2 aliphatic rings. The van der Waals surface area contributed by atoms with E-state index in [0.717, 1.165) is 19.3 Å². The van der Waals surface area contributed by atoms with Crippen LogP contribution in [0.25, 0.3) is 5.65 Å². The second-order valence-electron chi connectivity index (χ2n) is 9.45. The first kappa shape index (κ1) is 23.3. The van der Waals surface area contributed by atoms with E-state index in [0.29, 0.717) is 54.6 Å². The summed E-state index contributed by atoms with van der Waals surface area (Å²) >= 11 is 0. The Balaban J connectivity index is 1.46. The van der Waals surface area contributed by atoms with E-state index >= 15 is 0 Å². The average molecular weight is 482 g/mol. The molecule has 2 atom stereocenters. The lowest BCUT2D eigenvalue weighted by Crippen LogP contribution is -2.47. The standard InChI is InChI=1S/C24H31N7O4/c1-24(34)9-3-6-18(24)28-22(32)16-14-26-31-20(25-2)13-19(29-21(16)31)27-17-5-4-10-30(23(17)33)15-7-11-35-12-8-15/h4-5,10,13-15,18,25,34H,3,6-9,11-12H2,1-2H3,(H,27,29)(H,28,32)/t18-,24-/m1/s1. The van der Waals surface area contributed by atoms with Crippen molar-refractivity contribution in [1.29, 1.82) is 0 Å². The lowest BCUT2D eigenvalue weighted by atomic mass is 10.0. The molecule has 35 heavy (non-hydrogen) atoms. The molecular weight excluding hydrogens is 450 g/mol. The van der Waals surface area contributed by atoms with Crippen molar-refractivity contribution in [2.45, 2.75) is 56.7 Å². The van der Waals surface area contributed by atoms with Gasteiger partial charge in [-0.15, -0.1) is 0 Å². The number of hydrogen-bond acceptors (Lipinski definition) is 8. The van der Waals surface area contributed by atoms with E-state index in [4.69, 9.17) is 4.74 Å². The second-order valence-corrected chi connectivity index (χ2v) is 9.45. The molecule has 0 bridgehead atoms. The highest BCUT2D eigenvalue weighted by molar-refractivity contribution is 6.00. The van der Waals surface area contributed by atoms with Crippen LogP contribution in [0.15, 0.2) is 35.4 Å². The van der Waals surface area contributed by atoms with Crippen molar-refractivity contribution in [1.82, 2.24) is 24.5 Å². The van der Waals surface area contributed by atoms with Crippen LogP contribution in [0.2, 0.25) is 0 Å². The molecule has 0 spiro atoms. The van der Waals surface area contributed by atoms with Crippen LogP contribution >= 0.6 is 0 Å². The third-order valence-electron chi connectivity index (χ3n) is 7.03. The summed E-state index contributed by atoms with van der Waals surface area (Å²) < 4.78 is 8.71. The van der Waals surface area contributed by atoms with Crippen LogP contribution in [-0.2, 0) is 4.74 Å². The number of amides is 1. The Kier molecular flexibility index (Phi) is 6.20. The molecule has 4 heterocycles. The van der Waals surface area contributed by atoms with Gasteiger partial charge in [-0.05, 0) is 51.2 Å². The van der Waals surface area contributed by atoms with Crippen molar-refractivity contribution in [3.63, 3.8) is 0 Å². The number of nitrogens with one attached hydrogen (secondary N) is 3. The average Bonchev–Trinajstić information content (AvgIpc) is 3.43. The number of nitrogens with zero attached hydrogens (tertiary/aromatic N) is 4. The van der Waals surface area contributed by atoms with Crippen LogP contribution in [0.1, 0.15) is 55.4 Å². The molecule has 2 fully saturated rings. The minimum absolute atomic E-state index is 0.0965. The minimum Gasteiger partial charge on any atom is -0.388 e. The van der Waals surface area contributed by atoms with Crippen molar-refractivity contribution < 1.29 is 14.6 Å². The van der Waals surface area contributed by atoms with E-state index in [9.17, 15) is 14.7 Å². The molecule has 3 aromatic heterocycles. The first-order valence-corrected chi connectivity index (χ1v) is 12.0. The van der Waals surface area contributed by atoms with E-state index in [2.05, 4.69) is 26.0 Å². The predicted molar refractivity (Wildman–Crippen MR) is 131 cm³/mol. The largest absolute Gasteiger partial charge is 0.388 e. The fraction of sp³-hybridized carbons (Fsp3) is 0.500. The van der Waals surface area contributed by atoms with Crippen molar-refractivity contribution in [3.8, 4) is 0 Å². The van der Waals surface area contributed by atoms with Crippen LogP contribution in [0.5, 0.6) is 0 Å². The van der Waals surface area contributed by atoms with Gasteiger partial charge in [0.05, 0.1) is 17.8 Å². The fourth-order valence-electron chi connectivity index (χ4n) is 4.97. The van der Waals surface area contributed by atoms with Crippen molar-refractivity contribution >= 4 is 28.9 Å². The number of rotatable bonds is 6. The number of fused-ring (bicyclic) bond motifs is 1. The van der Waals surface area contributed by atoms with E-state index in [1.54, 1.807) is 36.9 Å². The molecule has 1 saturated carbocycles. The monoisotopic (exact) mass is 481 g/mol. The molecule has 1 aliphatic carbocycles. The maximum absolute atomic E-state index is 13.2. The van der Waals surface area contributed by atoms with Gasteiger partial charge >= 0.3 is 0 Å². The number of hydrogen-bond donors (Lipinski definition) is 4. The quantitative estimate of drug-likeness (QED) is 0.420. The maximum Gasteiger partial charge on any atom is 0.274 e. The molecule has 1 amide bonds. The number of pyridine rings is 1. The van der Waals surface area contributed by atoms with E-state index in [-0.39, 0.29) is 23.6 Å². The maximum atomic E-state index is 13.2. The van der Waals surface area contributed by atoms with Crippen LogP contribution in [0, 0.1) is 0 Å². The van der Waals surface area contributed by atoms with Gasteiger partial charge in [-0.25, -0.2) is 4.98 Å². The Morgan fingerprint density at radius 1 is 1.29 bits per heavy atom. The summed E-state index contributed by atoms with van der Waals surface area (Å²) in [5.74, 6) is 0.664. The van der Waals surface area contributed by atoms with E-state index in [1.807, 2.05) is 6.07 Å². The second kappa shape index (κ2) is 9.31. The molecular formula is C24H31N7O4. The van der Waals surface area contributed by atoms with Crippen molar-refractivity contribution in [3.05, 3.63) is 46.5 Å². The Labute approximate surface area is 202 Å². The van der Waals surface area contributed by atoms with Crippen molar-refractivity contribution in [2.75, 3.05) is 30.9 Å². The number of carbonyl (C=O) groups excluding carboxylic acids is 1. The Morgan fingerprint density at radius 3 is 2.80 bits per heavy atom. The zero-order valence-corrected chi connectivity index (χ0v) is 20.0. The third kappa shape index (κ3) is 4.48. The van der Waals surface area contributed by atoms with Gasteiger partial charge in [-0.2, -0.15) is 9.61 Å². The molecule has 5 rings (SSSR count). The highest BCUT2D eigenvalue weighted by Crippen LogP contribution is 2.30. The van der Waals surface area contributed by atoms with Gasteiger partial charge in [0.2, 0.25) is 0 Å². The van der Waals surface area contributed by atoms with Gasteiger partial charge in [-0.1, -0.05) is 0 Å². The molecule has 3 aromatic rings. The highest BCUT2D eigenvalue weighted by atomic mass is 16.5. The van der Waals surface area contributed by atoms with Gasteiger partial charge in [0.15, 0.2) is 5.65 Å². The van der Waals surface area contributed by atoms with Gasteiger partial charge in [-0.3, -0.25) is 9.59 Å². The lowest BCUT2D eigenvalue weighted by Gasteiger charge is -2.26. The smallest absolute Gasteiger partial charge is 0.274 e. The number of ether oxygens (including phenoxy) is 1. The first-order chi connectivity index (χ1) is 16.9. The summed E-state index contributed by atoms with van der Waals surface area (Å²) in [6.07, 6.45) is 7.06. The lowest BCUT2D eigenvalue weighted by molar-refractivity contribution is 0.0368. The van der Waals surface area contributed by atoms with Crippen LogP contribution < -0.4 is 21.5 Å². The zero-order chi connectivity index (χ0) is 24.6. The number of carbonyl (C=O) groups is 1. The summed E-state index contributed by atoms with van der Waals surface area (Å²) in [6.45, 7) is 3.02. The molecule has 4 N–H and O–H groups in total. The normalized spacial score (nSPS) is 22.9. The summed E-state index contributed by atoms with van der Waals surface area (Å²) in [5.41, 5.74) is -0.0461. The molecule has 11 heteroatoms. The number of aliphatic hydroxyl groups is 1. The molecule has 0 aromatic carbocycles. The summed E-state index contributed by atoms with van der Waals surface area (Å²) in [7, 11) is 1.75. The third-order valence-corrected chi connectivity index (χ3v) is 7.03. The SMILES string of the molecule is CNc1cc(Nc2cccn(C3CCOCC3)c2=O)nc2c(C(=O)N[C@@H]3CCC[C@@]3(C)O)cnn12. The minimum atomic E-state index is -0.938. The molecule has 0 unspecified atom stereocenters. The molecule has 0 radical (unpaired) electrons.